The lowest BCUT2D eigenvalue weighted by molar-refractivity contribution is -0.0939. The molecule has 2 atom stereocenters. The second-order valence-electron chi connectivity index (χ2n) is 6.49. The standard InChI is InChI=1S/C15H30N4O/c1-11(2)7-17-14(16)18-10-15(5,6)19-8-12(3)20-13(4)9-19/h12-13H,1,7-10H2,2-6H3,(H3,16,17,18). The molecule has 0 radical (unpaired) electrons. The highest BCUT2D eigenvalue weighted by Crippen LogP contribution is 2.21. The molecule has 1 fully saturated rings. The minimum absolute atomic E-state index is 0.0260. The average molecular weight is 282 g/mol. The lowest BCUT2D eigenvalue weighted by Crippen LogP contribution is -2.56. The number of aliphatic imine (C=N–C) groups is 1. The molecule has 0 saturated carbocycles. The fourth-order valence-corrected chi connectivity index (χ4v) is 2.35. The molecule has 20 heavy (non-hydrogen) atoms. The summed E-state index contributed by atoms with van der Waals surface area (Å²) in [5, 5.41) is 3.06. The number of nitrogens with two attached hydrogens (primary N) is 1. The molecule has 1 aliphatic rings. The maximum absolute atomic E-state index is 5.87. The predicted molar refractivity (Wildman–Crippen MR) is 85.0 cm³/mol. The van der Waals surface area contributed by atoms with Crippen LogP contribution in [0.5, 0.6) is 0 Å². The Kier molecular flexibility index (Phi) is 6.02. The van der Waals surface area contributed by atoms with Crippen molar-refractivity contribution in [2.45, 2.75) is 52.4 Å². The van der Waals surface area contributed by atoms with Gasteiger partial charge >= 0.3 is 0 Å². The molecule has 0 aliphatic carbocycles. The Balaban J connectivity index is 2.55. The van der Waals surface area contributed by atoms with E-state index >= 15 is 0 Å². The molecule has 0 spiro atoms. The number of morpholine rings is 1. The molecule has 1 saturated heterocycles. The molecule has 0 aromatic carbocycles. The highest BCUT2D eigenvalue weighted by molar-refractivity contribution is 5.78. The minimum Gasteiger partial charge on any atom is -0.373 e. The zero-order chi connectivity index (χ0) is 15.3. The van der Waals surface area contributed by atoms with Crippen LogP contribution in [0, 0.1) is 0 Å². The van der Waals surface area contributed by atoms with Gasteiger partial charge in [0, 0.05) is 25.2 Å². The molecular formula is C15H30N4O. The van der Waals surface area contributed by atoms with Gasteiger partial charge in [-0.3, -0.25) is 9.89 Å². The summed E-state index contributed by atoms with van der Waals surface area (Å²) in [6.45, 7) is 17.6. The molecule has 0 bridgehead atoms. The van der Waals surface area contributed by atoms with E-state index < -0.39 is 0 Å². The lowest BCUT2D eigenvalue weighted by atomic mass is 10.0. The predicted octanol–water partition coefficient (Wildman–Crippen LogP) is 1.35. The monoisotopic (exact) mass is 282 g/mol. The van der Waals surface area contributed by atoms with Gasteiger partial charge < -0.3 is 15.8 Å². The van der Waals surface area contributed by atoms with E-state index in [0.717, 1.165) is 18.7 Å². The second kappa shape index (κ2) is 7.09. The number of ether oxygens (including phenoxy) is 1. The van der Waals surface area contributed by atoms with Crippen molar-refractivity contribution in [2.24, 2.45) is 10.7 Å². The van der Waals surface area contributed by atoms with Crippen LogP contribution in [0.4, 0.5) is 0 Å². The third-order valence-electron chi connectivity index (χ3n) is 3.48. The minimum atomic E-state index is -0.0260. The maximum atomic E-state index is 5.87. The van der Waals surface area contributed by atoms with Gasteiger partial charge in [0.1, 0.15) is 0 Å². The van der Waals surface area contributed by atoms with E-state index in [0.29, 0.717) is 19.0 Å². The molecule has 0 aromatic heterocycles. The average Bonchev–Trinajstić information content (AvgIpc) is 2.32. The largest absolute Gasteiger partial charge is 0.373 e. The fraction of sp³-hybridized carbons (Fsp3) is 0.800. The maximum Gasteiger partial charge on any atom is 0.188 e. The third kappa shape index (κ3) is 5.51. The van der Waals surface area contributed by atoms with E-state index in [-0.39, 0.29) is 17.7 Å². The molecule has 2 unspecified atom stereocenters. The molecule has 0 aromatic rings. The van der Waals surface area contributed by atoms with Gasteiger partial charge in [0.2, 0.25) is 0 Å². The highest BCUT2D eigenvalue weighted by atomic mass is 16.5. The molecule has 5 heteroatoms. The van der Waals surface area contributed by atoms with E-state index in [9.17, 15) is 0 Å². The van der Waals surface area contributed by atoms with Crippen LogP contribution in [-0.4, -0.2) is 54.8 Å². The first-order chi connectivity index (χ1) is 9.20. The van der Waals surface area contributed by atoms with Crippen molar-refractivity contribution in [1.82, 2.24) is 10.2 Å². The van der Waals surface area contributed by atoms with Crippen LogP contribution in [-0.2, 0) is 4.74 Å². The fourth-order valence-electron chi connectivity index (χ4n) is 2.35. The van der Waals surface area contributed by atoms with Crippen LogP contribution >= 0.6 is 0 Å². The molecule has 0 amide bonds. The smallest absolute Gasteiger partial charge is 0.188 e. The topological polar surface area (TPSA) is 62.9 Å². The van der Waals surface area contributed by atoms with Gasteiger partial charge in [-0.2, -0.15) is 0 Å². The number of guanidine groups is 1. The summed E-state index contributed by atoms with van der Waals surface area (Å²) in [6, 6.07) is 0. The summed E-state index contributed by atoms with van der Waals surface area (Å²) in [4.78, 5) is 6.88. The Morgan fingerprint density at radius 2 is 1.95 bits per heavy atom. The summed E-state index contributed by atoms with van der Waals surface area (Å²) in [6.07, 6.45) is 0.529. The number of hydrogen-bond acceptors (Lipinski definition) is 3. The summed E-state index contributed by atoms with van der Waals surface area (Å²) in [5.41, 5.74) is 6.88. The van der Waals surface area contributed by atoms with Crippen LogP contribution in [0.1, 0.15) is 34.6 Å². The van der Waals surface area contributed by atoms with Crippen LogP contribution < -0.4 is 11.1 Å². The van der Waals surface area contributed by atoms with Gasteiger partial charge in [0.05, 0.1) is 18.8 Å². The highest BCUT2D eigenvalue weighted by Gasteiger charge is 2.32. The van der Waals surface area contributed by atoms with Crippen LogP contribution in [0.15, 0.2) is 17.1 Å². The van der Waals surface area contributed by atoms with Gasteiger partial charge in [-0.25, -0.2) is 0 Å². The molecule has 3 N–H and O–H groups in total. The van der Waals surface area contributed by atoms with Gasteiger partial charge in [0.15, 0.2) is 5.96 Å². The summed E-state index contributed by atoms with van der Waals surface area (Å²) >= 11 is 0. The second-order valence-corrected chi connectivity index (χ2v) is 6.49. The van der Waals surface area contributed by atoms with Gasteiger partial charge in [-0.1, -0.05) is 12.2 Å². The Labute approximate surface area is 123 Å². The molecule has 116 valence electrons. The summed E-state index contributed by atoms with van der Waals surface area (Å²) in [5.74, 6) is 0.482. The number of nitrogens with zero attached hydrogens (tertiary/aromatic N) is 2. The molecule has 1 heterocycles. The van der Waals surface area contributed by atoms with Crippen LogP contribution in [0.25, 0.3) is 0 Å². The number of hydrogen-bond donors (Lipinski definition) is 2. The summed E-state index contributed by atoms with van der Waals surface area (Å²) < 4.78 is 5.78. The first-order valence-electron chi connectivity index (χ1n) is 7.29. The van der Waals surface area contributed by atoms with Crippen molar-refractivity contribution in [1.29, 1.82) is 0 Å². The summed E-state index contributed by atoms with van der Waals surface area (Å²) in [7, 11) is 0. The quantitative estimate of drug-likeness (QED) is 0.454. The van der Waals surface area contributed by atoms with Gasteiger partial charge in [0.25, 0.3) is 0 Å². The molecular weight excluding hydrogens is 252 g/mol. The Morgan fingerprint density at radius 1 is 1.40 bits per heavy atom. The van der Waals surface area contributed by atoms with Crippen molar-refractivity contribution in [3.63, 3.8) is 0 Å². The van der Waals surface area contributed by atoms with E-state index in [4.69, 9.17) is 10.5 Å². The van der Waals surface area contributed by atoms with Gasteiger partial charge in [-0.15, -0.1) is 0 Å². The van der Waals surface area contributed by atoms with Crippen molar-refractivity contribution in [2.75, 3.05) is 26.2 Å². The van der Waals surface area contributed by atoms with E-state index in [1.165, 1.54) is 0 Å². The normalized spacial score (nSPS) is 25.6. The molecule has 5 nitrogen and oxygen atoms in total. The Morgan fingerprint density at radius 3 is 2.45 bits per heavy atom. The first-order valence-corrected chi connectivity index (χ1v) is 7.29. The van der Waals surface area contributed by atoms with Crippen molar-refractivity contribution < 1.29 is 4.74 Å². The Hall–Kier alpha value is -1.07. The van der Waals surface area contributed by atoms with E-state index in [1.54, 1.807) is 0 Å². The number of rotatable bonds is 5. The lowest BCUT2D eigenvalue weighted by Gasteiger charge is -2.44. The number of nitrogens with one attached hydrogen (secondary N) is 1. The van der Waals surface area contributed by atoms with E-state index in [2.05, 4.69) is 49.5 Å². The molecule has 1 aliphatic heterocycles. The van der Waals surface area contributed by atoms with Crippen LogP contribution in [0.2, 0.25) is 0 Å². The molecule has 1 rings (SSSR count). The van der Waals surface area contributed by atoms with Crippen molar-refractivity contribution >= 4 is 5.96 Å². The van der Waals surface area contributed by atoms with E-state index in [1.807, 2.05) is 6.92 Å². The first kappa shape index (κ1) is 17.0. The zero-order valence-electron chi connectivity index (χ0n) is 13.6. The zero-order valence-corrected chi connectivity index (χ0v) is 13.6. The van der Waals surface area contributed by atoms with Crippen molar-refractivity contribution in [3.8, 4) is 0 Å². The Bertz CT molecular complexity index is 355. The SMILES string of the molecule is C=C(C)CNC(N)=NCC(C)(C)N1CC(C)OC(C)C1. The third-order valence-corrected chi connectivity index (χ3v) is 3.48. The van der Waals surface area contributed by atoms with Crippen LogP contribution in [0.3, 0.4) is 0 Å². The van der Waals surface area contributed by atoms with Gasteiger partial charge in [-0.05, 0) is 34.6 Å². The van der Waals surface area contributed by atoms with Crippen molar-refractivity contribution in [3.05, 3.63) is 12.2 Å².